The van der Waals surface area contributed by atoms with Crippen LogP contribution in [0.5, 0.6) is 0 Å². The summed E-state index contributed by atoms with van der Waals surface area (Å²) >= 11 is 1.26. The highest BCUT2D eigenvalue weighted by Crippen LogP contribution is 2.14. The van der Waals surface area contributed by atoms with Gasteiger partial charge in [0.25, 0.3) is 0 Å². The van der Waals surface area contributed by atoms with Gasteiger partial charge in [0.2, 0.25) is 0 Å². The van der Waals surface area contributed by atoms with Gasteiger partial charge in [-0.15, -0.1) is 0 Å². The quantitative estimate of drug-likeness (QED) is 0.184. The molecule has 0 atom stereocenters. The maximum absolute atomic E-state index is 11.6. The molecular weight excluding hydrogens is 366 g/mol. The van der Waals surface area contributed by atoms with E-state index in [2.05, 4.69) is 11.8 Å². The van der Waals surface area contributed by atoms with Crippen LogP contribution in [0.4, 0.5) is 0 Å². The first-order valence-electron chi connectivity index (χ1n) is 10.6. The maximum atomic E-state index is 11.6. The Labute approximate surface area is 176 Å². The average Bonchev–Trinajstić information content (AvgIpc) is 2.64. The molecule has 1 aromatic carbocycles. The molecule has 0 heterocycles. The molecule has 0 radical (unpaired) electrons. The molecule has 0 saturated heterocycles. The molecule has 0 fully saturated rings. The Hall–Kier alpha value is -1.44. The molecule has 0 saturated carbocycles. The van der Waals surface area contributed by atoms with Gasteiger partial charge in [0.05, 0.1) is 0 Å². The van der Waals surface area contributed by atoms with Crippen LogP contribution in [0.1, 0.15) is 97.0 Å². The first kappa shape index (κ1) is 24.6. The van der Waals surface area contributed by atoms with Crippen molar-refractivity contribution in [2.75, 3.05) is 0 Å². The van der Waals surface area contributed by atoms with Crippen LogP contribution in [-0.2, 0) is 9.53 Å². The number of hydrogen-bond acceptors (Lipinski definition) is 4. The third-order valence-electron chi connectivity index (χ3n) is 4.33. The Morgan fingerprint density at radius 1 is 0.929 bits per heavy atom. The Morgan fingerprint density at radius 3 is 2.00 bits per heavy atom. The first-order chi connectivity index (χ1) is 13.4. The Balaban J connectivity index is 1.90. The molecule has 0 aromatic heterocycles. The van der Waals surface area contributed by atoms with E-state index < -0.39 is 0 Å². The molecule has 3 nitrogen and oxygen atoms in total. The minimum Gasteiger partial charge on any atom is -0.460 e. The zero-order chi connectivity index (χ0) is 20.7. The van der Waals surface area contributed by atoms with Gasteiger partial charge in [0.1, 0.15) is 5.60 Å². The summed E-state index contributed by atoms with van der Waals surface area (Å²) in [5, 5.41) is 5.51. The van der Waals surface area contributed by atoms with E-state index in [-0.39, 0.29) is 11.6 Å². The van der Waals surface area contributed by atoms with Crippen molar-refractivity contribution in [3.8, 4) is 11.8 Å². The average molecular weight is 404 g/mol. The van der Waals surface area contributed by atoms with Gasteiger partial charge in [-0.2, -0.15) is 0 Å². The van der Waals surface area contributed by atoms with Crippen LogP contribution in [0.25, 0.3) is 0 Å². The summed E-state index contributed by atoms with van der Waals surface area (Å²) in [5.74, 6) is 6.41. The highest BCUT2D eigenvalue weighted by molar-refractivity contribution is 7.97. The molecular formula is C24H37NO2S. The van der Waals surface area contributed by atoms with Crippen LogP contribution in [-0.4, -0.2) is 11.6 Å². The van der Waals surface area contributed by atoms with Crippen molar-refractivity contribution < 1.29 is 9.53 Å². The van der Waals surface area contributed by atoms with E-state index in [0.717, 1.165) is 29.7 Å². The van der Waals surface area contributed by atoms with Crippen molar-refractivity contribution in [1.82, 2.24) is 0 Å². The minimum absolute atomic E-state index is 0.0674. The summed E-state index contributed by atoms with van der Waals surface area (Å²) in [6.07, 6.45) is 12.4. The zero-order valence-corrected chi connectivity index (χ0v) is 18.7. The molecule has 0 aliphatic carbocycles. The van der Waals surface area contributed by atoms with E-state index in [1.165, 1.54) is 56.9 Å². The van der Waals surface area contributed by atoms with Crippen molar-refractivity contribution in [3.63, 3.8) is 0 Å². The van der Waals surface area contributed by atoms with Crippen molar-refractivity contribution in [1.29, 1.82) is 0 Å². The summed E-state index contributed by atoms with van der Waals surface area (Å²) in [6, 6.07) is 8.06. The number of ether oxygens (including phenoxy) is 1. The summed E-state index contributed by atoms with van der Waals surface area (Å²) in [7, 11) is 0. The molecule has 28 heavy (non-hydrogen) atoms. The second-order valence-electron chi connectivity index (χ2n) is 8.21. The summed E-state index contributed by atoms with van der Waals surface area (Å²) in [5.41, 5.74) is 0.697. The van der Waals surface area contributed by atoms with Crippen molar-refractivity contribution >= 4 is 17.9 Å². The van der Waals surface area contributed by atoms with Gasteiger partial charge >= 0.3 is 5.97 Å². The lowest BCUT2D eigenvalue weighted by molar-refractivity contribution is -0.154. The molecule has 1 rings (SSSR count). The smallest absolute Gasteiger partial charge is 0.306 e. The molecule has 0 unspecified atom stereocenters. The lowest BCUT2D eigenvalue weighted by atomic mass is 10.1. The fourth-order valence-corrected chi connectivity index (χ4v) is 3.19. The molecule has 0 bridgehead atoms. The lowest BCUT2D eigenvalue weighted by Crippen LogP contribution is -2.23. The van der Waals surface area contributed by atoms with Crippen LogP contribution >= 0.6 is 11.9 Å². The normalized spacial score (nSPS) is 11.0. The van der Waals surface area contributed by atoms with E-state index in [0.29, 0.717) is 6.42 Å². The van der Waals surface area contributed by atoms with E-state index in [1.54, 1.807) is 0 Å². The Kier molecular flexibility index (Phi) is 12.8. The highest BCUT2D eigenvalue weighted by atomic mass is 32.2. The molecule has 0 amide bonds. The summed E-state index contributed by atoms with van der Waals surface area (Å²) in [6.45, 7) is 5.74. The topological polar surface area (TPSA) is 52.3 Å². The van der Waals surface area contributed by atoms with Crippen molar-refractivity contribution in [3.05, 3.63) is 29.8 Å². The van der Waals surface area contributed by atoms with Gasteiger partial charge < -0.3 is 4.74 Å². The van der Waals surface area contributed by atoms with Gasteiger partial charge in [-0.25, -0.2) is 0 Å². The third-order valence-corrected chi connectivity index (χ3v) is 4.87. The largest absolute Gasteiger partial charge is 0.460 e. The number of esters is 1. The van der Waals surface area contributed by atoms with E-state index in [1.807, 2.05) is 45.0 Å². The fraction of sp³-hybridized carbons (Fsp3) is 0.625. The number of rotatable bonds is 12. The predicted molar refractivity (Wildman–Crippen MR) is 120 cm³/mol. The second kappa shape index (κ2) is 14.5. The second-order valence-corrected chi connectivity index (χ2v) is 8.92. The number of unbranched alkanes of at least 4 members (excludes halogenated alkanes) is 9. The molecule has 156 valence electrons. The number of nitrogens with two attached hydrogens (primary N) is 1. The van der Waals surface area contributed by atoms with Crippen LogP contribution in [0.15, 0.2) is 29.2 Å². The number of carbonyl (C=O) groups excluding carboxylic acids is 1. The van der Waals surface area contributed by atoms with Crippen LogP contribution in [0.2, 0.25) is 0 Å². The molecule has 0 aliphatic rings. The number of hydrogen-bond donors (Lipinski definition) is 1. The fourth-order valence-electron chi connectivity index (χ4n) is 2.89. The lowest BCUT2D eigenvalue weighted by Gasteiger charge is -2.19. The SMILES string of the molecule is CC(C)(C)OC(=O)CCCCCCCCCCCC#Cc1ccc(SN)cc1. The number of benzene rings is 1. The van der Waals surface area contributed by atoms with Crippen LogP contribution in [0, 0.1) is 11.8 Å². The van der Waals surface area contributed by atoms with E-state index >= 15 is 0 Å². The molecule has 0 spiro atoms. The van der Waals surface area contributed by atoms with E-state index in [9.17, 15) is 4.79 Å². The number of carbonyl (C=O) groups is 1. The molecule has 4 heteroatoms. The van der Waals surface area contributed by atoms with Crippen molar-refractivity contribution in [2.24, 2.45) is 5.14 Å². The van der Waals surface area contributed by atoms with Gasteiger partial charge in [0, 0.05) is 23.3 Å². The van der Waals surface area contributed by atoms with Gasteiger partial charge in [0.15, 0.2) is 0 Å². The maximum Gasteiger partial charge on any atom is 0.306 e. The first-order valence-corrected chi connectivity index (χ1v) is 11.5. The van der Waals surface area contributed by atoms with Gasteiger partial charge in [-0.05, 0) is 69.8 Å². The Bertz CT molecular complexity index is 608. The molecule has 2 N–H and O–H groups in total. The van der Waals surface area contributed by atoms with Crippen LogP contribution in [0.3, 0.4) is 0 Å². The summed E-state index contributed by atoms with van der Waals surface area (Å²) < 4.78 is 5.32. The predicted octanol–water partition coefficient (Wildman–Crippen LogP) is 6.64. The summed E-state index contributed by atoms with van der Waals surface area (Å²) in [4.78, 5) is 12.7. The molecule has 0 aliphatic heterocycles. The van der Waals surface area contributed by atoms with Gasteiger partial charge in [-0.3, -0.25) is 9.93 Å². The molecule has 1 aromatic rings. The zero-order valence-electron chi connectivity index (χ0n) is 17.9. The monoisotopic (exact) mass is 403 g/mol. The Morgan fingerprint density at radius 2 is 1.46 bits per heavy atom. The van der Waals surface area contributed by atoms with Crippen LogP contribution < -0.4 is 5.14 Å². The third kappa shape index (κ3) is 13.7. The van der Waals surface area contributed by atoms with E-state index in [4.69, 9.17) is 9.88 Å². The standard InChI is InChI=1S/C24H37NO2S/c1-24(2,3)27-23(26)16-14-12-10-8-6-4-5-7-9-11-13-15-21-17-19-22(28-25)20-18-21/h17-20H,4-12,14,16,25H2,1-3H3. The highest BCUT2D eigenvalue weighted by Gasteiger charge is 2.15. The van der Waals surface area contributed by atoms with Crippen molar-refractivity contribution in [2.45, 2.75) is 102 Å². The minimum atomic E-state index is -0.363. The van der Waals surface area contributed by atoms with Gasteiger partial charge in [-0.1, -0.05) is 56.8 Å².